The van der Waals surface area contributed by atoms with E-state index in [0.29, 0.717) is 13.0 Å². The van der Waals surface area contributed by atoms with Crippen molar-refractivity contribution >= 4 is 23.2 Å². The van der Waals surface area contributed by atoms with Gasteiger partial charge in [-0.15, -0.1) is 0 Å². The molecule has 0 aliphatic rings. The zero-order chi connectivity index (χ0) is 16.5. The molecule has 2 aromatic rings. The van der Waals surface area contributed by atoms with Crippen molar-refractivity contribution in [2.24, 2.45) is 0 Å². The van der Waals surface area contributed by atoms with E-state index in [1.807, 2.05) is 42.5 Å². The highest BCUT2D eigenvalue weighted by atomic mass is 35.5. The van der Waals surface area contributed by atoms with Gasteiger partial charge in [0.2, 0.25) is 5.91 Å². The van der Waals surface area contributed by atoms with Crippen LogP contribution >= 0.6 is 11.6 Å². The molecule has 2 N–H and O–H groups in total. The zero-order valence-electron chi connectivity index (χ0n) is 13.1. The molecular formula is C18H21ClN2O2. The van der Waals surface area contributed by atoms with Crippen LogP contribution in [0.15, 0.2) is 48.5 Å². The third kappa shape index (κ3) is 6.30. The topological polar surface area (TPSA) is 50.4 Å². The maximum absolute atomic E-state index is 11.9. The minimum atomic E-state index is -0.0199. The van der Waals surface area contributed by atoms with Crippen LogP contribution in [-0.4, -0.2) is 26.1 Å². The Hall–Kier alpha value is -2.04. The average molecular weight is 333 g/mol. The monoisotopic (exact) mass is 332 g/mol. The fraction of sp³-hybridized carbons (Fsp3) is 0.278. The van der Waals surface area contributed by atoms with Crippen molar-refractivity contribution in [2.45, 2.75) is 12.8 Å². The molecule has 0 atom stereocenters. The Morgan fingerprint density at radius 1 is 1.13 bits per heavy atom. The normalized spacial score (nSPS) is 10.3. The number of benzene rings is 2. The Bertz CT molecular complexity index is 646. The molecule has 0 saturated heterocycles. The zero-order valence-corrected chi connectivity index (χ0v) is 13.9. The Morgan fingerprint density at radius 2 is 1.96 bits per heavy atom. The molecule has 0 aromatic heterocycles. The fourth-order valence-corrected chi connectivity index (χ4v) is 2.39. The highest BCUT2D eigenvalue weighted by Gasteiger charge is 2.03. The van der Waals surface area contributed by atoms with E-state index in [4.69, 9.17) is 16.3 Å². The molecule has 0 radical (unpaired) electrons. The largest absolute Gasteiger partial charge is 0.497 e. The predicted octanol–water partition coefficient (Wildman–Crippen LogP) is 3.51. The fourth-order valence-electron chi connectivity index (χ4n) is 2.18. The van der Waals surface area contributed by atoms with Crippen molar-refractivity contribution in [3.63, 3.8) is 0 Å². The number of hydrogen-bond acceptors (Lipinski definition) is 3. The van der Waals surface area contributed by atoms with Crippen molar-refractivity contribution in [2.75, 3.05) is 25.5 Å². The first-order valence-corrected chi connectivity index (χ1v) is 7.94. The summed E-state index contributed by atoms with van der Waals surface area (Å²) in [4.78, 5) is 11.9. The lowest BCUT2D eigenvalue weighted by Gasteiger charge is -2.08. The SMILES string of the molecule is COc1cccc(NC(=O)CCNCCc2cccc(Cl)c2)c1. The lowest BCUT2D eigenvalue weighted by molar-refractivity contribution is -0.116. The molecule has 0 heterocycles. The number of ether oxygens (including phenoxy) is 1. The van der Waals surface area contributed by atoms with Gasteiger partial charge in [-0.05, 0) is 42.8 Å². The smallest absolute Gasteiger partial charge is 0.225 e. The molecule has 0 aliphatic heterocycles. The van der Waals surface area contributed by atoms with Crippen LogP contribution in [0.25, 0.3) is 0 Å². The first-order valence-electron chi connectivity index (χ1n) is 7.56. The molecule has 122 valence electrons. The highest BCUT2D eigenvalue weighted by molar-refractivity contribution is 6.30. The van der Waals surface area contributed by atoms with Gasteiger partial charge in [0.25, 0.3) is 0 Å². The number of amides is 1. The Labute approximate surface area is 141 Å². The van der Waals surface area contributed by atoms with Crippen molar-refractivity contribution in [1.29, 1.82) is 0 Å². The van der Waals surface area contributed by atoms with Gasteiger partial charge in [-0.2, -0.15) is 0 Å². The second-order valence-electron chi connectivity index (χ2n) is 5.16. The molecule has 0 unspecified atom stereocenters. The van der Waals surface area contributed by atoms with Gasteiger partial charge in [-0.3, -0.25) is 4.79 Å². The van der Waals surface area contributed by atoms with Crippen molar-refractivity contribution < 1.29 is 9.53 Å². The van der Waals surface area contributed by atoms with Gasteiger partial charge in [-0.25, -0.2) is 0 Å². The van der Waals surface area contributed by atoms with Crippen molar-refractivity contribution in [3.05, 3.63) is 59.1 Å². The summed E-state index contributed by atoms with van der Waals surface area (Å²) < 4.78 is 5.13. The molecule has 0 saturated carbocycles. The Morgan fingerprint density at radius 3 is 2.74 bits per heavy atom. The van der Waals surface area contributed by atoms with E-state index in [-0.39, 0.29) is 5.91 Å². The van der Waals surface area contributed by atoms with Crippen LogP contribution in [-0.2, 0) is 11.2 Å². The first-order chi connectivity index (χ1) is 11.2. The van der Waals surface area contributed by atoms with E-state index in [1.54, 1.807) is 13.2 Å². The molecule has 1 amide bonds. The number of methoxy groups -OCH3 is 1. The van der Waals surface area contributed by atoms with Crippen LogP contribution in [0.3, 0.4) is 0 Å². The third-order valence-corrected chi connectivity index (χ3v) is 3.60. The third-order valence-electron chi connectivity index (χ3n) is 3.36. The minimum absolute atomic E-state index is 0.0199. The summed E-state index contributed by atoms with van der Waals surface area (Å²) in [5.41, 5.74) is 1.93. The summed E-state index contributed by atoms with van der Waals surface area (Å²) in [5.74, 6) is 0.705. The van der Waals surface area contributed by atoms with Crippen LogP contribution in [0.5, 0.6) is 5.75 Å². The van der Waals surface area contributed by atoms with Gasteiger partial charge in [-0.1, -0.05) is 29.8 Å². The Balaban J connectivity index is 1.64. The number of rotatable bonds is 8. The number of carbonyl (C=O) groups excluding carboxylic acids is 1. The van der Waals surface area contributed by atoms with E-state index in [9.17, 15) is 4.79 Å². The Kier molecular flexibility index (Phi) is 6.91. The highest BCUT2D eigenvalue weighted by Crippen LogP contribution is 2.16. The van der Waals surface area contributed by atoms with Crippen molar-refractivity contribution in [3.8, 4) is 5.75 Å². The van der Waals surface area contributed by atoms with Gasteiger partial charge < -0.3 is 15.4 Å². The van der Waals surface area contributed by atoms with Gasteiger partial charge in [0.05, 0.1) is 7.11 Å². The maximum atomic E-state index is 11.9. The van der Waals surface area contributed by atoms with Gasteiger partial charge >= 0.3 is 0 Å². The summed E-state index contributed by atoms with van der Waals surface area (Å²) in [6, 6.07) is 15.1. The summed E-state index contributed by atoms with van der Waals surface area (Å²) >= 11 is 5.94. The van der Waals surface area contributed by atoms with E-state index in [2.05, 4.69) is 10.6 Å². The minimum Gasteiger partial charge on any atom is -0.497 e. The number of carbonyl (C=O) groups is 1. The van der Waals surface area contributed by atoms with Crippen LogP contribution < -0.4 is 15.4 Å². The first kappa shape index (κ1) is 17.3. The lowest BCUT2D eigenvalue weighted by atomic mass is 10.1. The lowest BCUT2D eigenvalue weighted by Crippen LogP contribution is -2.23. The number of hydrogen-bond donors (Lipinski definition) is 2. The molecule has 0 aliphatic carbocycles. The molecule has 0 spiro atoms. The van der Waals surface area contributed by atoms with Crippen LogP contribution in [0.1, 0.15) is 12.0 Å². The number of nitrogens with one attached hydrogen (secondary N) is 2. The van der Waals surface area contributed by atoms with Gasteiger partial charge in [0, 0.05) is 29.7 Å². The average Bonchev–Trinajstić information content (AvgIpc) is 2.55. The molecule has 5 heteroatoms. The summed E-state index contributed by atoms with van der Waals surface area (Å²) in [6.07, 6.45) is 1.31. The van der Waals surface area contributed by atoms with E-state index >= 15 is 0 Å². The quantitative estimate of drug-likeness (QED) is 0.727. The van der Waals surface area contributed by atoms with Crippen LogP contribution in [0, 0.1) is 0 Å². The number of halogens is 1. The van der Waals surface area contributed by atoms with Gasteiger partial charge in [0.15, 0.2) is 0 Å². The van der Waals surface area contributed by atoms with Crippen LogP contribution in [0.4, 0.5) is 5.69 Å². The van der Waals surface area contributed by atoms with Crippen molar-refractivity contribution in [1.82, 2.24) is 5.32 Å². The molecule has 4 nitrogen and oxygen atoms in total. The summed E-state index contributed by atoms with van der Waals surface area (Å²) in [6.45, 7) is 1.45. The molecule has 0 bridgehead atoms. The summed E-state index contributed by atoms with van der Waals surface area (Å²) in [7, 11) is 1.60. The van der Waals surface area contributed by atoms with E-state index in [1.165, 1.54) is 5.56 Å². The molecule has 0 fully saturated rings. The maximum Gasteiger partial charge on any atom is 0.225 e. The molecule has 23 heavy (non-hydrogen) atoms. The van der Waals surface area contributed by atoms with E-state index < -0.39 is 0 Å². The number of anilines is 1. The molecule has 2 rings (SSSR count). The van der Waals surface area contributed by atoms with Gasteiger partial charge in [0.1, 0.15) is 5.75 Å². The second-order valence-corrected chi connectivity index (χ2v) is 5.60. The van der Waals surface area contributed by atoms with E-state index in [0.717, 1.165) is 29.4 Å². The second kappa shape index (κ2) is 9.18. The predicted molar refractivity (Wildman–Crippen MR) is 94.3 cm³/mol. The molecule has 2 aromatic carbocycles. The summed E-state index contributed by atoms with van der Waals surface area (Å²) in [5, 5.41) is 6.87. The molecular weight excluding hydrogens is 312 g/mol. The standard InChI is InChI=1S/C18H21ClN2O2/c1-23-17-7-3-6-16(13-17)21-18(22)9-11-20-10-8-14-4-2-5-15(19)12-14/h2-7,12-13,20H,8-11H2,1H3,(H,21,22). The van der Waals surface area contributed by atoms with Crippen LogP contribution in [0.2, 0.25) is 5.02 Å².